The first-order chi connectivity index (χ1) is 10.9. The van der Waals surface area contributed by atoms with E-state index in [1.807, 2.05) is 32.7 Å². The highest BCUT2D eigenvalue weighted by Crippen LogP contribution is 2.23. The Labute approximate surface area is 139 Å². The number of aryl methyl sites for hydroxylation is 1. The van der Waals surface area contributed by atoms with E-state index < -0.39 is 0 Å². The molecule has 0 saturated carbocycles. The summed E-state index contributed by atoms with van der Waals surface area (Å²) in [5.41, 5.74) is 0.924. The molecule has 2 rings (SSSR count). The van der Waals surface area contributed by atoms with Crippen molar-refractivity contribution in [3.8, 4) is 0 Å². The second-order valence-electron chi connectivity index (χ2n) is 5.52. The van der Waals surface area contributed by atoms with Crippen LogP contribution in [0.2, 0.25) is 0 Å². The molecular formula is C16H21FN4OS. The number of carbonyl (C=O) groups excluding carboxylic acids is 1. The third kappa shape index (κ3) is 4.66. The number of amides is 2. The van der Waals surface area contributed by atoms with Gasteiger partial charge in [-0.2, -0.15) is 0 Å². The standard InChI is InChI=1S/C16H21FN4OS/c1-10(2)21(4)15-6-5-12(7-14(15)17)20-16(22)19-9-13-8-18-11(3)23-13/h5-8,10H,9H2,1-4H3,(H2,19,20,22). The third-order valence-corrected chi connectivity index (χ3v) is 4.37. The number of nitrogens with zero attached hydrogens (tertiary/aromatic N) is 2. The zero-order valence-electron chi connectivity index (χ0n) is 13.7. The maximum atomic E-state index is 14.1. The monoisotopic (exact) mass is 336 g/mol. The zero-order valence-corrected chi connectivity index (χ0v) is 14.5. The smallest absolute Gasteiger partial charge is 0.319 e. The first-order valence-electron chi connectivity index (χ1n) is 7.35. The second kappa shape index (κ2) is 7.41. The van der Waals surface area contributed by atoms with E-state index in [9.17, 15) is 9.18 Å². The Morgan fingerprint density at radius 3 is 2.74 bits per heavy atom. The molecule has 1 aromatic carbocycles. The fraction of sp³-hybridized carbons (Fsp3) is 0.375. The molecule has 0 bridgehead atoms. The van der Waals surface area contributed by atoms with Crippen molar-refractivity contribution in [2.24, 2.45) is 0 Å². The van der Waals surface area contributed by atoms with Crippen molar-refractivity contribution >= 4 is 28.7 Å². The van der Waals surface area contributed by atoms with Gasteiger partial charge in [-0.05, 0) is 39.0 Å². The maximum absolute atomic E-state index is 14.1. The van der Waals surface area contributed by atoms with Crippen LogP contribution in [-0.4, -0.2) is 24.1 Å². The molecule has 0 saturated heterocycles. The highest BCUT2D eigenvalue weighted by molar-refractivity contribution is 7.11. The Morgan fingerprint density at radius 1 is 1.43 bits per heavy atom. The van der Waals surface area contributed by atoms with Gasteiger partial charge in [0.15, 0.2) is 0 Å². The molecule has 0 unspecified atom stereocenters. The van der Waals surface area contributed by atoms with Gasteiger partial charge in [-0.15, -0.1) is 11.3 Å². The topological polar surface area (TPSA) is 57.3 Å². The van der Waals surface area contributed by atoms with Crippen LogP contribution in [0.15, 0.2) is 24.4 Å². The largest absolute Gasteiger partial charge is 0.370 e. The molecule has 0 fully saturated rings. The molecule has 23 heavy (non-hydrogen) atoms. The van der Waals surface area contributed by atoms with E-state index >= 15 is 0 Å². The van der Waals surface area contributed by atoms with Crippen molar-refractivity contribution in [1.82, 2.24) is 10.3 Å². The highest BCUT2D eigenvalue weighted by atomic mass is 32.1. The summed E-state index contributed by atoms with van der Waals surface area (Å²) in [5.74, 6) is -0.364. The van der Waals surface area contributed by atoms with Gasteiger partial charge in [0.25, 0.3) is 0 Å². The average molecular weight is 336 g/mol. The molecule has 2 N–H and O–H groups in total. The molecule has 0 spiro atoms. The Balaban J connectivity index is 1.94. The first kappa shape index (κ1) is 17.2. The summed E-state index contributed by atoms with van der Waals surface area (Å²) in [7, 11) is 1.83. The number of carbonyl (C=O) groups is 1. The number of nitrogens with one attached hydrogen (secondary N) is 2. The molecular weight excluding hydrogens is 315 g/mol. The Morgan fingerprint density at radius 2 is 2.17 bits per heavy atom. The van der Waals surface area contributed by atoms with Gasteiger partial charge in [-0.3, -0.25) is 0 Å². The molecule has 5 nitrogen and oxygen atoms in total. The lowest BCUT2D eigenvalue weighted by atomic mass is 10.2. The van der Waals surface area contributed by atoms with Gasteiger partial charge in [-0.25, -0.2) is 14.2 Å². The summed E-state index contributed by atoms with van der Waals surface area (Å²) < 4.78 is 14.1. The van der Waals surface area contributed by atoms with Crippen molar-refractivity contribution in [1.29, 1.82) is 0 Å². The summed E-state index contributed by atoms with van der Waals surface area (Å²) in [6.45, 7) is 6.28. The predicted molar refractivity (Wildman–Crippen MR) is 92.6 cm³/mol. The van der Waals surface area contributed by atoms with E-state index in [1.54, 1.807) is 18.3 Å². The Hall–Kier alpha value is -2.15. The summed E-state index contributed by atoms with van der Waals surface area (Å²) in [5, 5.41) is 6.31. The van der Waals surface area contributed by atoms with Crippen LogP contribution in [0.5, 0.6) is 0 Å². The maximum Gasteiger partial charge on any atom is 0.319 e. The molecule has 1 aromatic heterocycles. The first-order valence-corrected chi connectivity index (χ1v) is 8.17. The van der Waals surface area contributed by atoms with Gasteiger partial charge in [0.05, 0.1) is 17.2 Å². The lowest BCUT2D eigenvalue weighted by Gasteiger charge is -2.24. The van der Waals surface area contributed by atoms with Gasteiger partial charge in [0, 0.05) is 29.9 Å². The molecule has 0 aliphatic rings. The zero-order chi connectivity index (χ0) is 17.0. The average Bonchev–Trinajstić information content (AvgIpc) is 2.90. The van der Waals surface area contributed by atoms with Gasteiger partial charge >= 0.3 is 6.03 Å². The van der Waals surface area contributed by atoms with Crippen molar-refractivity contribution in [3.05, 3.63) is 40.1 Å². The number of rotatable bonds is 5. The molecule has 2 amide bonds. The number of benzene rings is 1. The minimum absolute atomic E-state index is 0.189. The number of hydrogen-bond acceptors (Lipinski definition) is 4. The van der Waals surface area contributed by atoms with Crippen LogP contribution in [0.1, 0.15) is 23.7 Å². The van der Waals surface area contributed by atoms with E-state index in [1.165, 1.54) is 17.4 Å². The second-order valence-corrected chi connectivity index (χ2v) is 6.84. The van der Waals surface area contributed by atoms with Gasteiger partial charge in [-0.1, -0.05) is 0 Å². The highest BCUT2D eigenvalue weighted by Gasteiger charge is 2.12. The van der Waals surface area contributed by atoms with Gasteiger partial charge < -0.3 is 15.5 Å². The normalized spacial score (nSPS) is 10.7. The molecule has 0 aliphatic carbocycles. The van der Waals surface area contributed by atoms with E-state index in [2.05, 4.69) is 15.6 Å². The summed E-state index contributed by atoms with van der Waals surface area (Å²) in [6.07, 6.45) is 1.73. The number of halogens is 1. The Kier molecular flexibility index (Phi) is 5.54. The van der Waals surface area contributed by atoms with Crippen LogP contribution in [0, 0.1) is 12.7 Å². The van der Waals surface area contributed by atoms with E-state index in [0.717, 1.165) is 9.88 Å². The van der Waals surface area contributed by atoms with Gasteiger partial charge in [0.1, 0.15) is 5.82 Å². The molecule has 0 atom stereocenters. The van der Waals surface area contributed by atoms with Crippen LogP contribution < -0.4 is 15.5 Å². The molecule has 124 valence electrons. The van der Waals surface area contributed by atoms with Crippen LogP contribution in [0.3, 0.4) is 0 Å². The van der Waals surface area contributed by atoms with Crippen LogP contribution in [0.25, 0.3) is 0 Å². The lowest BCUT2D eigenvalue weighted by Crippen LogP contribution is -2.28. The summed E-state index contributed by atoms with van der Waals surface area (Å²) >= 11 is 1.53. The summed E-state index contributed by atoms with van der Waals surface area (Å²) in [4.78, 5) is 18.8. The van der Waals surface area contributed by atoms with Crippen LogP contribution in [0.4, 0.5) is 20.6 Å². The van der Waals surface area contributed by atoms with Crippen molar-refractivity contribution in [2.45, 2.75) is 33.4 Å². The quantitative estimate of drug-likeness (QED) is 0.874. The van der Waals surface area contributed by atoms with Crippen LogP contribution in [-0.2, 0) is 6.54 Å². The molecule has 7 heteroatoms. The van der Waals surface area contributed by atoms with E-state index in [-0.39, 0.29) is 17.9 Å². The number of anilines is 2. The molecule has 0 radical (unpaired) electrons. The van der Waals surface area contributed by atoms with Crippen LogP contribution >= 0.6 is 11.3 Å². The predicted octanol–water partition coefficient (Wildman–Crippen LogP) is 3.76. The number of hydrogen-bond donors (Lipinski definition) is 2. The van der Waals surface area contributed by atoms with Crippen molar-refractivity contribution in [3.63, 3.8) is 0 Å². The molecule has 0 aliphatic heterocycles. The SMILES string of the molecule is Cc1ncc(CNC(=O)Nc2ccc(N(C)C(C)C)c(F)c2)s1. The number of aromatic nitrogens is 1. The van der Waals surface area contributed by atoms with Crippen molar-refractivity contribution in [2.75, 3.05) is 17.3 Å². The minimum Gasteiger partial charge on any atom is -0.370 e. The minimum atomic E-state index is -0.375. The lowest BCUT2D eigenvalue weighted by molar-refractivity contribution is 0.252. The fourth-order valence-electron chi connectivity index (χ4n) is 1.98. The van der Waals surface area contributed by atoms with E-state index in [4.69, 9.17) is 0 Å². The van der Waals surface area contributed by atoms with E-state index in [0.29, 0.717) is 17.9 Å². The fourth-order valence-corrected chi connectivity index (χ4v) is 2.71. The summed E-state index contributed by atoms with van der Waals surface area (Å²) in [6, 6.07) is 4.49. The third-order valence-electron chi connectivity index (χ3n) is 3.45. The molecule has 1 heterocycles. The van der Waals surface area contributed by atoms with Crippen molar-refractivity contribution < 1.29 is 9.18 Å². The van der Waals surface area contributed by atoms with Gasteiger partial charge in [0.2, 0.25) is 0 Å². The number of thiazole rings is 1. The molecule has 2 aromatic rings. The number of urea groups is 1. The Bertz CT molecular complexity index is 686.